The van der Waals surface area contributed by atoms with Gasteiger partial charge in [0.2, 0.25) is 0 Å². The molecule has 2 aliphatic rings. The van der Waals surface area contributed by atoms with Crippen molar-refractivity contribution in [2.24, 2.45) is 5.73 Å². The number of anilines is 1. The van der Waals surface area contributed by atoms with Gasteiger partial charge in [-0.1, -0.05) is 18.6 Å². The van der Waals surface area contributed by atoms with Gasteiger partial charge in [-0.2, -0.15) is 0 Å². The summed E-state index contributed by atoms with van der Waals surface area (Å²) in [6, 6.07) is 10.2. The van der Waals surface area contributed by atoms with Crippen LogP contribution in [0.4, 0.5) is 5.69 Å². The first kappa shape index (κ1) is 12.9. The summed E-state index contributed by atoms with van der Waals surface area (Å²) >= 11 is 0. The third-order valence-electron chi connectivity index (χ3n) is 4.69. The Morgan fingerprint density at radius 1 is 1.16 bits per heavy atom. The Hall–Kier alpha value is -1.06. The zero-order chi connectivity index (χ0) is 13.2. The molecule has 2 aliphatic heterocycles. The Labute approximate surface area is 116 Å². The topological polar surface area (TPSA) is 32.5 Å². The minimum absolute atomic E-state index is 0.609. The predicted molar refractivity (Wildman–Crippen MR) is 80.4 cm³/mol. The smallest absolute Gasteiger partial charge is 0.0389 e. The molecular weight excluding hydrogens is 234 g/mol. The summed E-state index contributed by atoms with van der Waals surface area (Å²) in [4.78, 5) is 5.27. The summed E-state index contributed by atoms with van der Waals surface area (Å²) in [6.07, 6.45) is 4.15. The second kappa shape index (κ2) is 5.51. The number of hydrogen-bond donors (Lipinski definition) is 1. The van der Waals surface area contributed by atoms with E-state index in [0.717, 1.165) is 6.04 Å². The summed E-state index contributed by atoms with van der Waals surface area (Å²) in [5.41, 5.74) is 8.24. The number of fused-ring (bicyclic) bond motifs is 1. The van der Waals surface area contributed by atoms with Gasteiger partial charge in [0.1, 0.15) is 0 Å². The highest BCUT2D eigenvalue weighted by Gasteiger charge is 2.32. The van der Waals surface area contributed by atoms with Crippen molar-refractivity contribution in [3.05, 3.63) is 29.8 Å². The van der Waals surface area contributed by atoms with Crippen molar-refractivity contribution in [3.8, 4) is 0 Å². The van der Waals surface area contributed by atoms with Crippen LogP contribution in [0.2, 0.25) is 0 Å². The lowest BCUT2D eigenvalue weighted by Gasteiger charge is -2.48. The molecule has 0 spiro atoms. The molecule has 3 heteroatoms. The maximum absolute atomic E-state index is 5.67. The highest BCUT2D eigenvalue weighted by Crippen LogP contribution is 2.28. The van der Waals surface area contributed by atoms with Crippen LogP contribution in [0.5, 0.6) is 0 Å². The summed E-state index contributed by atoms with van der Waals surface area (Å²) in [5.74, 6) is 0. The molecule has 2 heterocycles. The van der Waals surface area contributed by atoms with Crippen molar-refractivity contribution >= 4 is 5.69 Å². The molecule has 1 aromatic rings. The van der Waals surface area contributed by atoms with E-state index in [-0.39, 0.29) is 0 Å². The molecule has 0 saturated carbocycles. The number of nitrogens with two attached hydrogens (primary N) is 1. The van der Waals surface area contributed by atoms with Crippen LogP contribution in [0.15, 0.2) is 24.3 Å². The van der Waals surface area contributed by atoms with Crippen molar-refractivity contribution in [2.75, 3.05) is 24.5 Å². The van der Waals surface area contributed by atoms with Gasteiger partial charge in [0.15, 0.2) is 0 Å². The first-order chi connectivity index (χ1) is 9.28. The summed E-state index contributed by atoms with van der Waals surface area (Å²) < 4.78 is 0. The third-order valence-corrected chi connectivity index (χ3v) is 4.69. The number of rotatable bonds is 2. The number of piperazine rings is 1. The molecule has 3 nitrogen and oxygen atoms in total. The van der Waals surface area contributed by atoms with E-state index in [0.29, 0.717) is 12.6 Å². The summed E-state index contributed by atoms with van der Waals surface area (Å²) in [5, 5.41) is 0. The maximum Gasteiger partial charge on any atom is 0.0389 e. The van der Waals surface area contributed by atoms with Crippen LogP contribution in [-0.4, -0.2) is 36.6 Å². The monoisotopic (exact) mass is 259 g/mol. The largest absolute Gasteiger partial charge is 0.366 e. The molecule has 2 saturated heterocycles. The van der Waals surface area contributed by atoms with Crippen molar-refractivity contribution in [1.82, 2.24) is 4.90 Å². The highest BCUT2D eigenvalue weighted by molar-refractivity contribution is 5.49. The fraction of sp³-hybridized carbons (Fsp3) is 0.625. The number of nitrogens with zero attached hydrogens (tertiary/aromatic N) is 2. The van der Waals surface area contributed by atoms with Gasteiger partial charge in [-0.05, 0) is 44.0 Å². The van der Waals surface area contributed by atoms with E-state index in [1.165, 1.54) is 50.1 Å². The third kappa shape index (κ3) is 2.63. The molecular formula is C16H25N3. The number of hydrogen-bond acceptors (Lipinski definition) is 3. The Bertz CT molecular complexity index is 415. The van der Waals surface area contributed by atoms with Gasteiger partial charge in [0, 0.05) is 37.4 Å². The quantitative estimate of drug-likeness (QED) is 0.884. The molecule has 3 rings (SSSR count). The van der Waals surface area contributed by atoms with E-state index < -0.39 is 0 Å². The van der Waals surface area contributed by atoms with Crippen molar-refractivity contribution in [1.29, 1.82) is 0 Å². The Kier molecular flexibility index (Phi) is 3.76. The second-order valence-electron chi connectivity index (χ2n) is 6.02. The fourth-order valence-corrected chi connectivity index (χ4v) is 3.54. The molecule has 0 aromatic heterocycles. The highest BCUT2D eigenvalue weighted by atomic mass is 15.3. The molecule has 1 aromatic carbocycles. The van der Waals surface area contributed by atoms with Crippen molar-refractivity contribution < 1.29 is 0 Å². The molecule has 19 heavy (non-hydrogen) atoms. The van der Waals surface area contributed by atoms with Crippen molar-refractivity contribution in [3.63, 3.8) is 0 Å². The van der Waals surface area contributed by atoms with Gasteiger partial charge in [-0.15, -0.1) is 0 Å². The molecule has 104 valence electrons. The van der Waals surface area contributed by atoms with Crippen LogP contribution in [0.1, 0.15) is 31.7 Å². The van der Waals surface area contributed by atoms with Crippen LogP contribution in [0, 0.1) is 0 Å². The predicted octanol–water partition coefficient (Wildman–Crippen LogP) is 2.21. The molecule has 2 fully saturated rings. The standard InChI is InChI=1S/C16H25N3/c1-13-11-18-9-3-2-4-16(18)12-19(13)15-7-5-14(10-17)6-8-15/h5-8,13,16H,2-4,9-12,17H2,1H3. The van der Waals surface area contributed by atoms with E-state index in [1.807, 2.05) is 0 Å². The summed E-state index contributed by atoms with van der Waals surface area (Å²) in [6.45, 7) is 6.68. The molecule has 0 radical (unpaired) electrons. The van der Waals surface area contributed by atoms with Gasteiger partial charge < -0.3 is 10.6 Å². The minimum Gasteiger partial charge on any atom is -0.366 e. The number of piperidine rings is 1. The average Bonchev–Trinajstić information content (AvgIpc) is 2.47. The normalized spacial score (nSPS) is 28.2. The Morgan fingerprint density at radius 3 is 2.68 bits per heavy atom. The molecule has 0 aliphatic carbocycles. The van der Waals surface area contributed by atoms with Crippen LogP contribution < -0.4 is 10.6 Å². The average molecular weight is 259 g/mol. The van der Waals surface area contributed by atoms with E-state index in [9.17, 15) is 0 Å². The van der Waals surface area contributed by atoms with E-state index in [2.05, 4.69) is 41.0 Å². The zero-order valence-electron chi connectivity index (χ0n) is 11.9. The van der Waals surface area contributed by atoms with Crippen molar-refractivity contribution in [2.45, 2.75) is 44.8 Å². The minimum atomic E-state index is 0.609. The molecule has 0 bridgehead atoms. The van der Waals surface area contributed by atoms with Crippen LogP contribution in [-0.2, 0) is 6.54 Å². The number of benzene rings is 1. The van der Waals surface area contributed by atoms with Gasteiger partial charge >= 0.3 is 0 Å². The van der Waals surface area contributed by atoms with E-state index >= 15 is 0 Å². The lowest BCUT2D eigenvalue weighted by molar-refractivity contribution is 0.115. The lowest BCUT2D eigenvalue weighted by Crippen LogP contribution is -2.58. The molecule has 0 amide bonds. The van der Waals surface area contributed by atoms with Crippen LogP contribution in [0.3, 0.4) is 0 Å². The zero-order valence-corrected chi connectivity index (χ0v) is 11.9. The fourth-order valence-electron chi connectivity index (χ4n) is 3.54. The van der Waals surface area contributed by atoms with Gasteiger partial charge in [0.05, 0.1) is 0 Å². The van der Waals surface area contributed by atoms with Gasteiger partial charge in [0.25, 0.3) is 0 Å². The van der Waals surface area contributed by atoms with Gasteiger partial charge in [-0.3, -0.25) is 4.90 Å². The molecule has 2 unspecified atom stereocenters. The molecule has 2 N–H and O–H groups in total. The SMILES string of the molecule is CC1CN2CCCCC2CN1c1ccc(CN)cc1. The van der Waals surface area contributed by atoms with E-state index in [4.69, 9.17) is 5.73 Å². The lowest BCUT2D eigenvalue weighted by atomic mass is 9.96. The second-order valence-corrected chi connectivity index (χ2v) is 6.02. The molecule has 2 atom stereocenters. The van der Waals surface area contributed by atoms with Gasteiger partial charge in [-0.25, -0.2) is 0 Å². The van der Waals surface area contributed by atoms with E-state index in [1.54, 1.807) is 0 Å². The van der Waals surface area contributed by atoms with Crippen LogP contribution in [0.25, 0.3) is 0 Å². The maximum atomic E-state index is 5.67. The Morgan fingerprint density at radius 2 is 1.95 bits per heavy atom. The first-order valence-corrected chi connectivity index (χ1v) is 7.57. The summed E-state index contributed by atoms with van der Waals surface area (Å²) in [7, 11) is 0. The Balaban J connectivity index is 1.75. The van der Waals surface area contributed by atoms with Crippen LogP contribution >= 0.6 is 0 Å². The first-order valence-electron chi connectivity index (χ1n) is 7.57.